The summed E-state index contributed by atoms with van der Waals surface area (Å²) in [6.07, 6.45) is 2.10. The summed E-state index contributed by atoms with van der Waals surface area (Å²) in [5.41, 5.74) is 0.716. The smallest absolute Gasteiger partial charge is 0.314 e. The molecule has 0 aromatic rings. The van der Waals surface area contributed by atoms with Gasteiger partial charge in [-0.3, -0.25) is 9.63 Å². The molecule has 2 aliphatic heterocycles. The minimum atomic E-state index is -0.575. The van der Waals surface area contributed by atoms with E-state index in [2.05, 4.69) is 20.8 Å². The van der Waals surface area contributed by atoms with Gasteiger partial charge in [0.15, 0.2) is 0 Å². The Morgan fingerprint density at radius 3 is 2.68 bits per heavy atom. The van der Waals surface area contributed by atoms with Crippen molar-refractivity contribution in [3.8, 4) is 0 Å². The molecule has 0 aromatic carbocycles. The molecule has 0 radical (unpaired) electrons. The molecule has 140 valence electrons. The van der Waals surface area contributed by atoms with E-state index < -0.39 is 5.92 Å². The van der Waals surface area contributed by atoms with Crippen molar-refractivity contribution in [2.75, 3.05) is 7.11 Å². The van der Waals surface area contributed by atoms with Gasteiger partial charge in [0, 0.05) is 11.1 Å². The van der Waals surface area contributed by atoms with E-state index in [-0.39, 0.29) is 47.2 Å². The van der Waals surface area contributed by atoms with Crippen molar-refractivity contribution in [1.29, 1.82) is 5.41 Å². The lowest BCUT2D eigenvalue weighted by atomic mass is 9.70. The van der Waals surface area contributed by atoms with Gasteiger partial charge in [0.1, 0.15) is 6.23 Å². The summed E-state index contributed by atoms with van der Waals surface area (Å²) in [6.45, 7) is 10.8. The van der Waals surface area contributed by atoms with Crippen molar-refractivity contribution in [1.82, 2.24) is 5.06 Å². The fourth-order valence-corrected chi connectivity index (χ4v) is 6.04. The molecule has 6 nitrogen and oxygen atoms in total. The van der Waals surface area contributed by atoms with Crippen molar-refractivity contribution in [3.05, 3.63) is 0 Å². The van der Waals surface area contributed by atoms with Crippen molar-refractivity contribution < 1.29 is 19.1 Å². The van der Waals surface area contributed by atoms with Crippen molar-refractivity contribution in [2.24, 2.45) is 28.6 Å². The Labute approximate surface area is 149 Å². The zero-order valence-electron chi connectivity index (χ0n) is 16.0. The van der Waals surface area contributed by atoms with Crippen LogP contribution >= 0.6 is 0 Å². The third-order valence-electron chi connectivity index (χ3n) is 8.04. The van der Waals surface area contributed by atoms with Gasteiger partial charge in [0.2, 0.25) is 0 Å². The predicted octanol–water partition coefficient (Wildman–Crippen LogP) is 2.62. The Kier molecular flexibility index (Phi) is 3.68. The summed E-state index contributed by atoms with van der Waals surface area (Å²) < 4.78 is 11.4. The molecule has 0 aromatic heterocycles. The fraction of sp³-hybridized carbons (Fsp3) is 0.895. The van der Waals surface area contributed by atoms with Crippen LogP contribution in [0.25, 0.3) is 0 Å². The number of hydrogen-bond donors (Lipinski definition) is 1. The molecule has 4 aliphatic rings. The molecule has 0 unspecified atom stereocenters. The third-order valence-corrected chi connectivity index (χ3v) is 8.04. The molecule has 4 fully saturated rings. The van der Waals surface area contributed by atoms with Crippen LogP contribution in [0.3, 0.4) is 0 Å². The standard InChI is InChI=1S/C19H30N2O4/c1-9(17(22)23-6)13(20)12-10(2)25-21-14-11-7-8-19(5,18(11,3)4)15(14)24-16(12)21/h9-12,14-16,20H,7-8H2,1-6H3/t9-,10+,11-,12-,14-,15-,16+,19+/m1/s1. The number of hydroxylamine groups is 2. The second kappa shape index (κ2) is 5.27. The van der Waals surface area contributed by atoms with Crippen molar-refractivity contribution >= 4 is 11.7 Å². The number of methoxy groups -OCH3 is 1. The molecule has 0 spiro atoms. The first-order valence-corrected chi connectivity index (χ1v) is 9.42. The number of carbonyl (C=O) groups is 1. The molecule has 4 rings (SSSR count). The summed E-state index contributed by atoms with van der Waals surface area (Å²) >= 11 is 0. The van der Waals surface area contributed by atoms with Crippen molar-refractivity contribution in [3.63, 3.8) is 0 Å². The van der Waals surface area contributed by atoms with E-state index in [1.807, 2.05) is 12.0 Å². The van der Waals surface area contributed by atoms with Crippen molar-refractivity contribution in [2.45, 2.75) is 71.9 Å². The minimum absolute atomic E-state index is 0.139. The van der Waals surface area contributed by atoms with Crippen LogP contribution in [0.1, 0.15) is 47.5 Å². The first kappa shape index (κ1) is 17.4. The topological polar surface area (TPSA) is 71.9 Å². The normalized spacial score (nSPS) is 48.2. The third kappa shape index (κ3) is 1.96. The quantitative estimate of drug-likeness (QED) is 0.626. The molecular weight excluding hydrogens is 320 g/mol. The van der Waals surface area contributed by atoms with Gasteiger partial charge >= 0.3 is 5.97 Å². The van der Waals surface area contributed by atoms with Crippen LogP contribution in [0.2, 0.25) is 0 Å². The fourth-order valence-electron chi connectivity index (χ4n) is 6.04. The Bertz CT molecular complexity index is 621. The highest BCUT2D eigenvalue weighted by molar-refractivity contribution is 6.01. The molecule has 2 heterocycles. The first-order chi connectivity index (χ1) is 11.6. The highest BCUT2D eigenvalue weighted by atomic mass is 16.8. The highest BCUT2D eigenvalue weighted by Gasteiger charge is 2.73. The van der Waals surface area contributed by atoms with Crippen LogP contribution in [0.15, 0.2) is 0 Å². The van der Waals surface area contributed by atoms with Crippen LogP contribution in [0, 0.1) is 34.0 Å². The van der Waals surface area contributed by atoms with Gasteiger partial charge < -0.3 is 14.9 Å². The lowest BCUT2D eigenvalue weighted by Crippen LogP contribution is -2.42. The Morgan fingerprint density at radius 2 is 2.04 bits per heavy atom. The predicted molar refractivity (Wildman–Crippen MR) is 91.8 cm³/mol. The van der Waals surface area contributed by atoms with Gasteiger partial charge in [-0.1, -0.05) is 20.8 Å². The summed E-state index contributed by atoms with van der Waals surface area (Å²) in [4.78, 5) is 18.1. The highest BCUT2D eigenvalue weighted by Crippen LogP contribution is 2.70. The lowest BCUT2D eigenvalue weighted by molar-refractivity contribution is -0.193. The average molecular weight is 350 g/mol. The van der Waals surface area contributed by atoms with Crippen LogP contribution in [0.4, 0.5) is 0 Å². The van der Waals surface area contributed by atoms with E-state index >= 15 is 0 Å². The summed E-state index contributed by atoms with van der Waals surface area (Å²) in [6, 6.07) is 0.257. The number of ether oxygens (including phenoxy) is 2. The molecule has 2 bridgehead atoms. The largest absolute Gasteiger partial charge is 0.469 e. The van der Waals surface area contributed by atoms with Gasteiger partial charge in [-0.25, -0.2) is 0 Å². The maximum atomic E-state index is 11.9. The van der Waals surface area contributed by atoms with Crippen LogP contribution in [-0.2, 0) is 19.1 Å². The number of hydrogen-bond acceptors (Lipinski definition) is 6. The number of nitrogens with zero attached hydrogens (tertiary/aromatic N) is 1. The van der Waals surface area contributed by atoms with Gasteiger partial charge in [0.25, 0.3) is 0 Å². The molecule has 2 saturated heterocycles. The van der Waals surface area contributed by atoms with Gasteiger partial charge in [0.05, 0.1) is 37.2 Å². The zero-order valence-corrected chi connectivity index (χ0v) is 16.0. The van der Waals surface area contributed by atoms with E-state index in [4.69, 9.17) is 19.7 Å². The van der Waals surface area contributed by atoms with Crippen LogP contribution < -0.4 is 0 Å². The molecule has 2 saturated carbocycles. The number of carbonyl (C=O) groups excluding carboxylic acids is 1. The SMILES string of the molecule is COC(=O)[C@H](C)C(=N)[C@H]1[C@H](C)ON2[C@@H]3[C@H]4CC[C@@](C)([C@@H]3O[C@@H]12)C4(C)C. The molecule has 8 atom stereocenters. The molecule has 6 heteroatoms. The van der Waals surface area contributed by atoms with Crippen LogP contribution in [-0.4, -0.2) is 48.3 Å². The second-order valence-electron chi connectivity index (χ2n) is 9.12. The average Bonchev–Trinajstić information content (AvgIpc) is 3.19. The molecule has 0 amide bonds. The Balaban J connectivity index is 1.61. The zero-order chi connectivity index (χ0) is 18.3. The molecule has 2 aliphatic carbocycles. The van der Waals surface area contributed by atoms with Crippen LogP contribution in [0.5, 0.6) is 0 Å². The lowest BCUT2D eigenvalue weighted by Gasteiger charge is -2.38. The van der Waals surface area contributed by atoms with E-state index in [1.165, 1.54) is 20.0 Å². The van der Waals surface area contributed by atoms with Gasteiger partial charge in [-0.15, -0.1) is 0 Å². The number of fused-ring (bicyclic) bond motifs is 7. The second-order valence-corrected chi connectivity index (χ2v) is 9.12. The maximum absolute atomic E-state index is 11.9. The molecule has 1 N–H and O–H groups in total. The number of esters is 1. The molecular formula is C19H30N2O4. The summed E-state index contributed by atoms with van der Waals surface area (Å²) in [7, 11) is 1.37. The Hall–Kier alpha value is -0.980. The number of rotatable bonds is 3. The molecule has 25 heavy (non-hydrogen) atoms. The van der Waals surface area contributed by atoms with Gasteiger partial charge in [-0.2, -0.15) is 5.06 Å². The van der Waals surface area contributed by atoms with E-state index in [1.54, 1.807) is 6.92 Å². The monoisotopic (exact) mass is 350 g/mol. The van der Waals surface area contributed by atoms with E-state index in [9.17, 15) is 4.79 Å². The van der Waals surface area contributed by atoms with E-state index in [0.29, 0.717) is 11.6 Å². The summed E-state index contributed by atoms with van der Waals surface area (Å²) in [5.74, 6) is -0.632. The first-order valence-electron chi connectivity index (χ1n) is 9.42. The summed E-state index contributed by atoms with van der Waals surface area (Å²) in [5, 5.41) is 10.6. The Morgan fingerprint density at radius 1 is 1.36 bits per heavy atom. The maximum Gasteiger partial charge on any atom is 0.314 e. The van der Waals surface area contributed by atoms with Gasteiger partial charge in [-0.05, 0) is 38.0 Å². The minimum Gasteiger partial charge on any atom is -0.469 e. The number of nitrogens with one attached hydrogen (secondary N) is 1. The van der Waals surface area contributed by atoms with E-state index in [0.717, 1.165) is 0 Å².